The summed E-state index contributed by atoms with van der Waals surface area (Å²) in [6.45, 7) is 6.53. The fourth-order valence-electron chi connectivity index (χ4n) is 4.92. The minimum absolute atomic E-state index is 0.524. The van der Waals surface area contributed by atoms with Crippen molar-refractivity contribution < 1.29 is 9.47 Å². The number of methoxy groups -OCH3 is 2. The van der Waals surface area contributed by atoms with Crippen LogP contribution in [0.1, 0.15) is 31.4 Å². The van der Waals surface area contributed by atoms with E-state index in [1.54, 1.807) is 14.2 Å². The fraction of sp³-hybridized carbons (Fsp3) is 0.250. The summed E-state index contributed by atoms with van der Waals surface area (Å²) < 4.78 is 10.7. The number of fused-ring (bicyclic) bond motifs is 3. The van der Waals surface area contributed by atoms with E-state index in [0.29, 0.717) is 6.04 Å². The molecule has 1 aliphatic heterocycles. The van der Waals surface area contributed by atoms with Crippen molar-refractivity contribution in [2.45, 2.75) is 39.4 Å². The molecule has 1 atom stereocenters. The summed E-state index contributed by atoms with van der Waals surface area (Å²) in [7, 11) is 3.41. The highest BCUT2D eigenvalue weighted by Crippen LogP contribution is 2.39. The Labute approximate surface area is 209 Å². The molecule has 0 aliphatic carbocycles. The van der Waals surface area contributed by atoms with Gasteiger partial charge in [-0.1, -0.05) is 55.5 Å². The van der Waals surface area contributed by atoms with Crippen molar-refractivity contribution in [3.8, 4) is 44.9 Å². The Morgan fingerprint density at radius 3 is 1.40 bits per heavy atom. The van der Waals surface area contributed by atoms with Crippen molar-refractivity contribution in [1.29, 1.82) is 0 Å². The number of hydrogen-bond donors (Lipinski definition) is 0. The van der Waals surface area contributed by atoms with Gasteiger partial charge in [0.05, 0.1) is 14.2 Å². The molecule has 0 saturated heterocycles. The van der Waals surface area contributed by atoms with Crippen molar-refractivity contribution in [3.05, 3.63) is 96.1 Å². The molecule has 1 heterocycles. The third-order valence-corrected chi connectivity index (χ3v) is 7.32. The van der Waals surface area contributed by atoms with Crippen LogP contribution in [0.3, 0.4) is 0 Å². The minimum Gasteiger partial charge on any atom is -0.497 e. The molecule has 1 aliphatic rings. The van der Waals surface area contributed by atoms with Crippen LogP contribution in [-0.2, 0) is 13.1 Å². The van der Waals surface area contributed by atoms with Gasteiger partial charge in [0.25, 0.3) is 0 Å². The van der Waals surface area contributed by atoms with Crippen LogP contribution in [-0.4, -0.2) is 25.2 Å². The van der Waals surface area contributed by atoms with Gasteiger partial charge >= 0.3 is 0 Å². The molecule has 0 saturated carbocycles. The molecule has 4 aromatic carbocycles. The summed E-state index contributed by atoms with van der Waals surface area (Å²) >= 11 is 0. The van der Waals surface area contributed by atoms with E-state index in [2.05, 4.69) is 79.4 Å². The predicted molar refractivity (Wildman–Crippen MR) is 145 cm³/mol. The molecule has 35 heavy (non-hydrogen) atoms. The van der Waals surface area contributed by atoms with E-state index >= 15 is 0 Å². The molecule has 0 amide bonds. The summed E-state index contributed by atoms with van der Waals surface area (Å²) in [6.07, 6.45) is 1.14. The summed E-state index contributed by atoms with van der Waals surface area (Å²) in [6, 6.07) is 31.1. The topological polar surface area (TPSA) is 21.7 Å². The molecule has 3 heteroatoms. The zero-order valence-corrected chi connectivity index (χ0v) is 21.0. The number of ether oxygens (including phenoxy) is 2. The quantitative estimate of drug-likeness (QED) is 0.291. The Morgan fingerprint density at radius 1 is 0.629 bits per heavy atom. The van der Waals surface area contributed by atoms with Gasteiger partial charge in [-0.05, 0) is 94.3 Å². The molecule has 0 fully saturated rings. The second-order valence-electron chi connectivity index (χ2n) is 9.36. The number of rotatable bonds is 6. The molecule has 0 bridgehead atoms. The van der Waals surface area contributed by atoms with Gasteiger partial charge in [-0.15, -0.1) is 0 Å². The third-order valence-electron chi connectivity index (χ3n) is 7.32. The van der Waals surface area contributed by atoms with E-state index in [9.17, 15) is 0 Å². The Hall–Kier alpha value is -3.56. The van der Waals surface area contributed by atoms with E-state index in [-0.39, 0.29) is 0 Å². The maximum atomic E-state index is 5.36. The Morgan fingerprint density at radius 2 is 1.03 bits per heavy atom. The van der Waals surface area contributed by atoms with Crippen molar-refractivity contribution in [2.24, 2.45) is 0 Å². The number of hydrogen-bond acceptors (Lipinski definition) is 3. The largest absolute Gasteiger partial charge is 0.497 e. The highest BCUT2D eigenvalue weighted by molar-refractivity contribution is 5.81. The maximum absolute atomic E-state index is 5.36. The maximum Gasteiger partial charge on any atom is 0.118 e. The summed E-state index contributed by atoms with van der Waals surface area (Å²) in [5.74, 6) is 1.75. The van der Waals surface area contributed by atoms with Crippen molar-refractivity contribution >= 4 is 0 Å². The van der Waals surface area contributed by atoms with Crippen LogP contribution in [0.4, 0.5) is 0 Å². The van der Waals surface area contributed by atoms with Crippen molar-refractivity contribution in [2.75, 3.05) is 14.2 Å². The summed E-state index contributed by atoms with van der Waals surface area (Å²) in [4.78, 5) is 2.60. The molecule has 178 valence electrons. The van der Waals surface area contributed by atoms with Gasteiger partial charge in [-0.25, -0.2) is 0 Å². The van der Waals surface area contributed by atoms with Crippen LogP contribution in [0.5, 0.6) is 11.5 Å². The lowest BCUT2D eigenvalue weighted by molar-refractivity contribution is 0.188. The van der Waals surface area contributed by atoms with Crippen LogP contribution in [0, 0.1) is 0 Å². The van der Waals surface area contributed by atoms with Gasteiger partial charge in [-0.2, -0.15) is 0 Å². The second kappa shape index (κ2) is 9.97. The Kier molecular flexibility index (Phi) is 6.61. The van der Waals surface area contributed by atoms with Crippen LogP contribution in [0.2, 0.25) is 0 Å². The van der Waals surface area contributed by atoms with Gasteiger partial charge in [0.15, 0.2) is 0 Å². The van der Waals surface area contributed by atoms with Crippen LogP contribution >= 0.6 is 0 Å². The molecular formula is C32H33NO2. The van der Waals surface area contributed by atoms with Gasteiger partial charge < -0.3 is 9.47 Å². The van der Waals surface area contributed by atoms with Crippen LogP contribution in [0.25, 0.3) is 33.4 Å². The molecule has 0 aromatic heterocycles. The highest BCUT2D eigenvalue weighted by atomic mass is 16.5. The number of nitrogens with zero attached hydrogens (tertiary/aromatic N) is 1. The SMILES string of the molecule is CC[C@H](C)N1Cc2ccc(-c3ccc(OC)cc3)cc2-c2cc(-c3ccc(OC)cc3)ccc2C1. The van der Waals surface area contributed by atoms with Gasteiger partial charge in [-0.3, -0.25) is 4.90 Å². The lowest BCUT2D eigenvalue weighted by atomic mass is 9.90. The average molecular weight is 464 g/mol. The van der Waals surface area contributed by atoms with Gasteiger partial charge in [0.2, 0.25) is 0 Å². The molecule has 0 radical (unpaired) electrons. The van der Waals surface area contributed by atoms with Crippen LogP contribution in [0.15, 0.2) is 84.9 Å². The lowest BCUT2D eigenvalue weighted by Crippen LogP contribution is -2.30. The summed E-state index contributed by atoms with van der Waals surface area (Å²) in [5, 5.41) is 0. The smallest absolute Gasteiger partial charge is 0.118 e. The second-order valence-corrected chi connectivity index (χ2v) is 9.36. The first-order valence-corrected chi connectivity index (χ1v) is 12.4. The summed E-state index contributed by atoms with van der Waals surface area (Å²) in [5.41, 5.74) is 10.3. The molecule has 0 unspecified atom stereocenters. The van der Waals surface area contributed by atoms with Crippen LogP contribution < -0.4 is 9.47 Å². The standard InChI is InChI=1S/C32H33NO2/c1-5-22(2)33-20-27-8-6-25(23-10-14-29(34-3)15-11-23)18-31(27)32-19-26(7-9-28(32)21-33)24-12-16-30(35-4)17-13-24/h6-19,22H,5,20-21H2,1-4H3/t22-/m0/s1. The molecule has 5 rings (SSSR count). The average Bonchev–Trinajstić information content (AvgIpc) is 3.08. The van der Waals surface area contributed by atoms with E-state index in [1.807, 2.05) is 24.3 Å². The first kappa shape index (κ1) is 23.2. The first-order valence-electron chi connectivity index (χ1n) is 12.4. The van der Waals surface area contributed by atoms with E-state index in [1.165, 1.54) is 44.5 Å². The first-order chi connectivity index (χ1) is 17.1. The molecule has 4 aromatic rings. The van der Waals surface area contributed by atoms with E-state index < -0.39 is 0 Å². The van der Waals surface area contributed by atoms with E-state index in [0.717, 1.165) is 31.0 Å². The molecule has 0 spiro atoms. The molecular weight excluding hydrogens is 430 g/mol. The normalized spacial score (nSPS) is 13.9. The van der Waals surface area contributed by atoms with Crippen molar-refractivity contribution in [3.63, 3.8) is 0 Å². The molecule has 0 N–H and O–H groups in total. The Balaban J connectivity index is 1.63. The monoisotopic (exact) mass is 463 g/mol. The molecule has 3 nitrogen and oxygen atoms in total. The zero-order valence-electron chi connectivity index (χ0n) is 21.0. The Bertz CT molecular complexity index is 1210. The fourth-order valence-corrected chi connectivity index (χ4v) is 4.92. The van der Waals surface area contributed by atoms with Crippen molar-refractivity contribution in [1.82, 2.24) is 4.90 Å². The lowest BCUT2D eigenvalue weighted by Gasteiger charge is -2.27. The highest BCUT2D eigenvalue weighted by Gasteiger charge is 2.23. The van der Waals surface area contributed by atoms with E-state index in [4.69, 9.17) is 9.47 Å². The zero-order chi connectivity index (χ0) is 24.4. The predicted octanol–water partition coefficient (Wildman–Crippen LogP) is 7.82. The third kappa shape index (κ3) is 4.69. The number of benzene rings is 4. The van der Waals surface area contributed by atoms with Gasteiger partial charge in [0.1, 0.15) is 11.5 Å². The minimum atomic E-state index is 0.524. The van der Waals surface area contributed by atoms with Gasteiger partial charge in [0, 0.05) is 19.1 Å².